The second-order valence-corrected chi connectivity index (χ2v) is 3.42. The monoisotopic (exact) mass is 314 g/mol. The Balaban J connectivity index is 0. The largest absolute Gasteiger partial charge is 0.400 e. The van der Waals surface area contributed by atoms with Crippen LogP contribution in [-0.4, -0.2) is 19.3 Å². The van der Waals surface area contributed by atoms with Gasteiger partial charge in [-0.25, -0.2) is 0 Å². The highest BCUT2D eigenvalue weighted by Crippen LogP contribution is 2.08. The summed E-state index contributed by atoms with van der Waals surface area (Å²) in [6, 6.07) is 10.3. The van der Waals surface area contributed by atoms with E-state index in [0.29, 0.717) is 0 Å². The molecule has 0 heterocycles. The van der Waals surface area contributed by atoms with Gasteiger partial charge in [0.05, 0.1) is 16.3 Å². The van der Waals surface area contributed by atoms with Crippen LogP contribution in [0.15, 0.2) is 30.3 Å². The zero-order valence-electron chi connectivity index (χ0n) is 8.03. The van der Waals surface area contributed by atoms with Gasteiger partial charge in [-0.15, -0.1) is 0 Å². The molecule has 0 spiro atoms. The van der Waals surface area contributed by atoms with Crippen molar-refractivity contribution in [2.45, 2.75) is 6.92 Å². The molecular formula is C9H15IO2S. The summed E-state index contributed by atoms with van der Waals surface area (Å²) in [5.41, 5.74) is 1.32. The molecule has 1 rings (SSSR count). The molecule has 0 unspecified atom stereocenters. The van der Waals surface area contributed by atoms with Crippen molar-refractivity contribution in [1.82, 2.24) is 0 Å². The maximum atomic E-state index is 7.00. The molecule has 2 nitrogen and oxygen atoms in total. The summed E-state index contributed by atoms with van der Waals surface area (Å²) >= 11 is 2.05. The smallest absolute Gasteiger partial charge is 0.0647 e. The zero-order chi connectivity index (χ0) is 10.5. The highest BCUT2D eigenvalue weighted by Gasteiger charge is 1.72. The van der Waals surface area contributed by atoms with Crippen LogP contribution in [0.5, 0.6) is 0 Å². The van der Waals surface area contributed by atoms with Crippen molar-refractivity contribution >= 4 is 30.4 Å². The van der Waals surface area contributed by atoms with E-state index < -0.39 is 0 Å². The SMILES string of the molecule is CO.COSI.Cc1ccccc1. The van der Waals surface area contributed by atoms with Gasteiger partial charge < -0.3 is 9.29 Å². The maximum absolute atomic E-state index is 7.00. The normalized spacial score (nSPS) is 7.46. The Morgan fingerprint density at radius 2 is 1.62 bits per heavy atom. The summed E-state index contributed by atoms with van der Waals surface area (Å²) in [6.07, 6.45) is 0. The summed E-state index contributed by atoms with van der Waals surface area (Å²) < 4.78 is 4.44. The lowest BCUT2D eigenvalue weighted by Crippen LogP contribution is -1.62. The van der Waals surface area contributed by atoms with Gasteiger partial charge >= 0.3 is 0 Å². The minimum Gasteiger partial charge on any atom is -0.400 e. The topological polar surface area (TPSA) is 29.5 Å². The van der Waals surface area contributed by atoms with Crippen molar-refractivity contribution in [2.24, 2.45) is 0 Å². The van der Waals surface area contributed by atoms with Crippen LogP contribution in [0.3, 0.4) is 0 Å². The Morgan fingerprint density at radius 3 is 1.77 bits per heavy atom. The lowest BCUT2D eigenvalue weighted by Gasteiger charge is -1.82. The molecule has 0 fully saturated rings. The molecule has 0 saturated heterocycles. The molecular weight excluding hydrogens is 299 g/mol. The van der Waals surface area contributed by atoms with Crippen molar-refractivity contribution in [3.05, 3.63) is 35.9 Å². The highest BCUT2D eigenvalue weighted by atomic mass is 127. The van der Waals surface area contributed by atoms with Crippen LogP contribution in [0.25, 0.3) is 0 Å². The first kappa shape index (κ1) is 15.7. The fourth-order valence-corrected chi connectivity index (χ4v) is 0.534. The lowest BCUT2D eigenvalue weighted by molar-refractivity contribution is 0.399. The molecule has 0 amide bonds. The molecule has 0 aliphatic carbocycles. The summed E-state index contributed by atoms with van der Waals surface area (Å²) in [4.78, 5) is 0. The third-order valence-electron chi connectivity index (χ3n) is 1.00. The number of aliphatic hydroxyl groups is 1. The summed E-state index contributed by atoms with van der Waals surface area (Å²) in [5, 5.41) is 7.00. The van der Waals surface area contributed by atoms with Crippen molar-refractivity contribution in [3.63, 3.8) is 0 Å². The molecule has 0 saturated carbocycles. The quantitative estimate of drug-likeness (QED) is 0.637. The second kappa shape index (κ2) is 14.7. The van der Waals surface area contributed by atoms with Gasteiger partial charge in [0.1, 0.15) is 0 Å². The van der Waals surface area contributed by atoms with Crippen LogP contribution in [-0.2, 0) is 4.18 Å². The Kier molecular flexibility index (Phi) is 17.8. The number of halogens is 1. The number of aliphatic hydroxyl groups excluding tert-OH is 1. The van der Waals surface area contributed by atoms with E-state index in [1.807, 2.05) is 39.4 Å². The van der Waals surface area contributed by atoms with Gasteiger partial charge in [-0.2, -0.15) is 0 Å². The molecule has 4 heteroatoms. The van der Waals surface area contributed by atoms with E-state index in [1.165, 1.54) is 14.8 Å². The van der Waals surface area contributed by atoms with Crippen LogP contribution in [0.1, 0.15) is 5.56 Å². The van der Waals surface area contributed by atoms with Crippen LogP contribution in [0.2, 0.25) is 0 Å². The molecule has 0 aromatic heterocycles. The van der Waals surface area contributed by atoms with Gasteiger partial charge in [-0.1, -0.05) is 35.9 Å². The predicted molar refractivity (Wildman–Crippen MR) is 67.9 cm³/mol. The minimum atomic E-state index is 1.00. The van der Waals surface area contributed by atoms with Gasteiger partial charge in [-0.3, -0.25) is 0 Å². The third-order valence-corrected chi connectivity index (χ3v) is 2.21. The first-order valence-corrected chi connectivity index (χ1v) is 6.87. The fraction of sp³-hybridized carbons (Fsp3) is 0.333. The van der Waals surface area contributed by atoms with E-state index in [9.17, 15) is 0 Å². The summed E-state index contributed by atoms with van der Waals surface area (Å²) in [6.45, 7) is 2.08. The zero-order valence-corrected chi connectivity index (χ0v) is 11.0. The van der Waals surface area contributed by atoms with E-state index in [0.717, 1.165) is 7.11 Å². The Hall–Kier alpha value is 0.220. The fourth-order valence-electron chi connectivity index (χ4n) is 0.534. The first-order valence-electron chi connectivity index (χ1n) is 3.59. The van der Waals surface area contributed by atoms with E-state index in [1.54, 1.807) is 7.11 Å². The minimum absolute atomic E-state index is 1.00. The third kappa shape index (κ3) is 15.0. The second-order valence-electron chi connectivity index (χ2n) is 1.88. The van der Waals surface area contributed by atoms with Crippen LogP contribution >= 0.6 is 30.4 Å². The molecule has 0 bridgehead atoms. The summed E-state index contributed by atoms with van der Waals surface area (Å²) in [5.74, 6) is 0. The first-order chi connectivity index (χ1) is 6.31. The molecule has 1 N–H and O–H groups in total. The maximum Gasteiger partial charge on any atom is 0.0647 e. The van der Waals surface area contributed by atoms with Crippen LogP contribution in [0, 0.1) is 6.92 Å². The molecule has 13 heavy (non-hydrogen) atoms. The molecule has 1 aromatic carbocycles. The number of hydrogen-bond acceptors (Lipinski definition) is 3. The van der Waals surface area contributed by atoms with Gasteiger partial charge in [0.2, 0.25) is 0 Å². The standard InChI is InChI=1S/C7H8.CH3IOS.CH4O/c1-7-5-3-2-4-6-7;1-3-4-2;1-2/h2-6H,1H3;1H3;2H,1H3. The van der Waals surface area contributed by atoms with E-state index in [-0.39, 0.29) is 0 Å². The van der Waals surface area contributed by atoms with Gasteiger partial charge in [0, 0.05) is 28.3 Å². The van der Waals surface area contributed by atoms with Gasteiger partial charge in [0.25, 0.3) is 0 Å². The average molecular weight is 314 g/mol. The number of rotatable bonds is 1. The van der Waals surface area contributed by atoms with Gasteiger partial charge in [-0.05, 0) is 6.92 Å². The highest BCUT2D eigenvalue weighted by molar-refractivity contribution is 14.2. The summed E-state index contributed by atoms with van der Waals surface area (Å²) in [7, 11) is 3.96. The van der Waals surface area contributed by atoms with Crippen LogP contribution < -0.4 is 0 Å². The average Bonchev–Trinajstić information content (AvgIpc) is 2.22. The number of benzene rings is 1. The molecule has 0 aliphatic rings. The molecule has 76 valence electrons. The van der Waals surface area contributed by atoms with E-state index in [4.69, 9.17) is 5.11 Å². The van der Waals surface area contributed by atoms with Crippen molar-refractivity contribution in [3.8, 4) is 0 Å². The van der Waals surface area contributed by atoms with Crippen LogP contribution in [0.4, 0.5) is 0 Å². The number of hydrogen-bond donors (Lipinski definition) is 1. The molecule has 0 aliphatic heterocycles. The Morgan fingerprint density at radius 1 is 1.23 bits per heavy atom. The van der Waals surface area contributed by atoms with Crippen molar-refractivity contribution < 1.29 is 9.29 Å². The van der Waals surface area contributed by atoms with E-state index in [2.05, 4.69) is 23.2 Å². The Bertz CT molecular complexity index is 169. The Labute approximate surface area is 96.5 Å². The van der Waals surface area contributed by atoms with E-state index >= 15 is 0 Å². The molecule has 0 radical (unpaired) electrons. The van der Waals surface area contributed by atoms with Crippen molar-refractivity contribution in [2.75, 3.05) is 14.2 Å². The van der Waals surface area contributed by atoms with Gasteiger partial charge in [0.15, 0.2) is 0 Å². The van der Waals surface area contributed by atoms with Crippen molar-refractivity contribution in [1.29, 1.82) is 0 Å². The molecule has 1 aromatic rings. The predicted octanol–water partition coefficient (Wildman–Crippen LogP) is 3.23. The number of aryl methyl sites for hydroxylation is 1. The lowest BCUT2D eigenvalue weighted by atomic mass is 10.2. The molecule has 0 atom stereocenters.